The molecule has 0 aliphatic rings. The predicted octanol–water partition coefficient (Wildman–Crippen LogP) is -0.743. The van der Waals surface area contributed by atoms with E-state index < -0.39 is 0 Å². The molecule has 0 aromatic heterocycles. The van der Waals surface area contributed by atoms with Crippen LogP contribution >= 0.6 is 0 Å². The summed E-state index contributed by atoms with van der Waals surface area (Å²) in [5, 5.41) is 0. The lowest BCUT2D eigenvalue weighted by atomic mass is 10.00. The van der Waals surface area contributed by atoms with Crippen LogP contribution in [0.15, 0.2) is 0 Å². The van der Waals surface area contributed by atoms with Crippen molar-refractivity contribution in [3.8, 4) is 0 Å². The van der Waals surface area contributed by atoms with Gasteiger partial charge in [-0.3, -0.25) is 0 Å². The third kappa shape index (κ3) is 3.46. The average molecular weight is 131 g/mol. The van der Waals surface area contributed by atoms with Crippen LogP contribution in [-0.4, -0.2) is 19.1 Å². The van der Waals surface area contributed by atoms with Crippen molar-refractivity contribution in [3.63, 3.8) is 0 Å². The van der Waals surface area contributed by atoms with Crippen molar-refractivity contribution in [1.29, 1.82) is 0 Å². The zero-order valence-corrected chi connectivity index (χ0v) is 6.01. The minimum absolute atomic E-state index is 0.119. The van der Waals surface area contributed by atoms with Gasteiger partial charge < -0.3 is 17.2 Å². The fourth-order valence-electron chi connectivity index (χ4n) is 0.709. The standard InChI is InChI=1S/C6H17N3/c1-5(2-3-7)6(9)4-8/h5-6H,2-4,7-9H2,1H3. The molecular weight excluding hydrogens is 114 g/mol. The maximum Gasteiger partial charge on any atom is 0.0189 e. The van der Waals surface area contributed by atoms with Crippen molar-refractivity contribution in [2.75, 3.05) is 13.1 Å². The maximum atomic E-state index is 5.62. The normalized spacial score (nSPS) is 17.3. The van der Waals surface area contributed by atoms with Crippen molar-refractivity contribution in [1.82, 2.24) is 0 Å². The van der Waals surface area contributed by atoms with Crippen molar-refractivity contribution < 1.29 is 0 Å². The zero-order valence-electron chi connectivity index (χ0n) is 6.01. The first-order valence-electron chi connectivity index (χ1n) is 3.38. The summed E-state index contributed by atoms with van der Waals surface area (Å²) in [6, 6.07) is 0.119. The summed E-state index contributed by atoms with van der Waals surface area (Å²) in [7, 11) is 0. The summed E-state index contributed by atoms with van der Waals surface area (Å²) in [5.74, 6) is 0.458. The highest BCUT2D eigenvalue weighted by Gasteiger charge is 2.08. The molecule has 0 rings (SSSR count). The van der Waals surface area contributed by atoms with E-state index in [4.69, 9.17) is 17.2 Å². The van der Waals surface area contributed by atoms with E-state index in [-0.39, 0.29) is 6.04 Å². The third-order valence-corrected chi connectivity index (χ3v) is 1.63. The largest absolute Gasteiger partial charge is 0.330 e. The molecule has 3 heteroatoms. The molecule has 56 valence electrons. The summed E-state index contributed by atoms with van der Waals surface area (Å²) in [6.45, 7) is 3.33. The summed E-state index contributed by atoms with van der Waals surface area (Å²) in [4.78, 5) is 0. The summed E-state index contributed by atoms with van der Waals surface area (Å²) in [5.41, 5.74) is 16.3. The Bertz CT molecular complexity index is 65.3. The molecule has 0 fully saturated rings. The molecule has 0 radical (unpaired) electrons. The second-order valence-electron chi connectivity index (χ2n) is 2.45. The lowest BCUT2D eigenvalue weighted by Gasteiger charge is -2.16. The molecule has 0 aromatic rings. The lowest BCUT2D eigenvalue weighted by molar-refractivity contribution is 0.438. The molecular formula is C6H17N3. The van der Waals surface area contributed by atoms with Gasteiger partial charge in [0.2, 0.25) is 0 Å². The molecule has 0 spiro atoms. The van der Waals surface area contributed by atoms with Crippen LogP contribution in [0.3, 0.4) is 0 Å². The predicted molar refractivity (Wildman–Crippen MR) is 39.9 cm³/mol. The Labute approximate surface area is 56.6 Å². The molecule has 0 saturated heterocycles. The lowest BCUT2D eigenvalue weighted by Crippen LogP contribution is -2.36. The zero-order chi connectivity index (χ0) is 7.28. The van der Waals surface area contributed by atoms with Crippen LogP contribution in [0.25, 0.3) is 0 Å². The number of hydrogen-bond acceptors (Lipinski definition) is 3. The molecule has 2 atom stereocenters. The molecule has 9 heavy (non-hydrogen) atoms. The first-order valence-corrected chi connectivity index (χ1v) is 3.38. The van der Waals surface area contributed by atoms with Crippen LogP contribution in [0.4, 0.5) is 0 Å². The van der Waals surface area contributed by atoms with Crippen LogP contribution in [0, 0.1) is 5.92 Å². The molecule has 0 bridgehead atoms. The topological polar surface area (TPSA) is 78.1 Å². The monoisotopic (exact) mass is 131 g/mol. The molecule has 3 nitrogen and oxygen atoms in total. The van der Waals surface area contributed by atoms with Crippen molar-refractivity contribution >= 4 is 0 Å². The molecule has 0 heterocycles. The van der Waals surface area contributed by atoms with Gasteiger partial charge in [-0.25, -0.2) is 0 Å². The fraction of sp³-hybridized carbons (Fsp3) is 1.00. The highest BCUT2D eigenvalue weighted by Crippen LogP contribution is 2.02. The summed E-state index contributed by atoms with van der Waals surface area (Å²) < 4.78 is 0. The highest BCUT2D eigenvalue weighted by atomic mass is 14.7. The Hall–Kier alpha value is -0.120. The van der Waals surface area contributed by atoms with E-state index >= 15 is 0 Å². The molecule has 0 aliphatic heterocycles. The Kier molecular flexibility index (Phi) is 4.67. The molecule has 0 aliphatic carbocycles. The Morgan fingerprint density at radius 3 is 2.22 bits per heavy atom. The van der Waals surface area contributed by atoms with Gasteiger partial charge in [0.05, 0.1) is 0 Å². The minimum atomic E-state index is 0.119. The van der Waals surface area contributed by atoms with Crippen LogP contribution in [0.5, 0.6) is 0 Å². The van der Waals surface area contributed by atoms with E-state index in [9.17, 15) is 0 Å². The van der Waals surface area contributed by atoms with Gasteiger partial charge in [0.15, 0.2) is 0 Å². The van der Waals surface area contributed by atoms with Gasteiger partial charge in [0, 0.05) is 12.6 Å². The highest BCUT2D eigenvalue weighted by molar-refractivity contribution is 4.69. The van der Waals surface area contributed by atoms with Gasteiger partial charge in [-0.1, -0.05) is 6.92 Å². The van der Waals surface area contributed by atoms with E-state index in [1.165, 1.54) is 0 Å². The third-order valence-electron chi connectivity index (χ3n) is 1.63. The van der Waals surface area contributed by atoms with Gasteiger partial charge in [-0.15, -0.1) is 0 Å². The summed E-state index contributed by atoms with van der Waals surface area (Å²) >= 11 is 0. The molecule has 0 amide bonds. The smallest absolute Gasteiger partial charge is 0.0189 e. The van der Waals surface area contributed by atoms with E-state index in [1.54, 1.807) is 0 Å². The van der Waals surface area contributed by atoms with Gasteiger partial charge in [-0.05, 0) is 18.9 Å². The van der Waals surface area contributed by atoms with Crippen LogP contribution < -0.4 is 17.2 Å². The Balaban J connectivity index is 3.32. The summed E-state index contributed by atoms with van der Waals surface area (Å²) in [6.07, 6.45) is 0.971. The van der Waals surface area contributed by atoms with Crippen LogP contribution in [0.2, 0.25) is 0 Å². The van der Waals surface area contributed by atoms with Crippen LogP contribution in [-0.2, 0) is 0 Å². The number of hydrogen-bond donors (Lipinski definition) is 3. The first-order chi connectivity index (χ1) is 4.22. The quantitative estimate of drug-likeness (QED) is 0.470. The van der Waals surface area contributed by atoms with Gasteiger partial charge in [0.25, 0.3) is 0 Å². The second-order valence-corrected chi connectivity index (χ2v) is 2.45. The molecule has 6 N–H and O–H groups in total. The maximum absolute atomic E-state index is 5.62. The number of rotatable bonds is 4. The Morgan fingerprint density at radius 2 is 1.89 bits per heavy atom. The SMILES string of the molecule is CC(CCN)C(N)CN. The van der Waals surface area contributed by atoms with Gasteiger partial charge >= 0.3 is 0 Å². The van der Waals surface area contributed by atoms with E-state index in [0.717, 1.165) is 6.42 Å². The first kappa shape index (κ1) is 8.88. The van der Waals surface area contributed by atoms with Crippen molar-refractivity contribution in [2.24, 2.45) is 23.1 Å². The van der Waals surface area contributed by atoms with Crippen molar-refractivity contribution in [3.05, 3.63) is 0 Å². The molecule has 2 unspecified atom stereocenters. The average Bonchev–Trinajstić information content (AvgIpc) is 1.87. The fourth-order valence-corrected chi connectivity index (χ4v) is 0.709. The molecule has 0 aromatic carbocycles. The van der Waals surface area contributed by atoms with Crippen molar-refractivity contribution in [2.45, 2.75) is 19.4 Å². The van der Waals surface area contributed by atoms with Gasteiger partial charge in [0.1, 0.15) is 0 Å². The van der Waals surface area contributed by atoms with Crippen LogP contribution in [0.1, 0.15) is 13.3 Å². The van der Waals surface area contributed by atoms with E-state index in [2.05, 4.69) is 6.92 Å². The minimum Gasteiger partial charge on any atom is -0.330 e. The molecule has 0 saturated carbocycles. The van der Waals surface area contributed by atoms with E-state index in [1.807, 2.05) is 0 Å². The second kappa shape index (κ2) is 4.73. The number of nitrogens with two attached hydrogens (primary N) is 3. The Morgan fingerprint density at radius 1 is 1.33 bits per heavy atom. The van der Waals surface area contributed by atoms with E-state index in [0.29, 0.717) is 19.0 Å². The van der Waals surface area contributed by atoms with Gasteiger partial charge in [-0.2, -0.15) is 0 Å².